The van der Waals surface area contributed by atoms with E-state index in [1.807, 2.05) is 0 Å². The molecule has 1 heteroatoms. The molecule has 0 aromatic carbocycles. The predicted molar refractivity (Wildman–Crippen MR) is 134 cm³/mol. The van der Waals surface area contributed by atoms with Crippen molar-refractivity contribution in [1.82, 2.24) is 0 Å². The number of hydrogen-bond acceptors (Lipinski definition) is 1. The lowest BCUT2D eigenvalue weighted by molar-refractivity contribution is -0.256. The summed E-state index contributed by atoms with van der Waals surface area (Å²) in [6.45, 7) is 23.1. The molecule has 0 saturated heterocycles. The Labute approximate surface area is 199 Å². The second-order valence-electron chi connectivity index (χ2n) is 15.9. The second-order valence-corrected chi connectivity index (χ2v) is 15.9. The van der Waals surface area contributed by atoms with Gasteiger partial charge >= 0.3 is 0 Å². The number of ketones is 1. The molecule has 0 amide bonds. The summed E-state index contributed by atoms with van der Waals surface area (Å²) in [4.78, 5) is 12.9. The van der Waals surface area contributed by atoms with Crippen LogP contribution in [-0.4, -0.2) is 5.78 Å². The van der Waals surface area contributed by atoms with E-state index in [2.05, 4.69) is 62.3 Å². The Morgan fingerprint density at radius 2 is 1.16 bits per heavy atom. The largest absolute Gasteiger partial charge is 0.299 e. The Kier molecular flexibility index (Phi) is 4.87. The standard InChI is InChI=1S/C31H52O/c1-20-18-26(2,3)21-12-16-31(9)24(29(21,7)19-20)11-10-23-28(6)15-14-25(32)27(4,5)22(28)13-17-30(23,31)8/h20-24H,10-19H2,1-9H3/t20-,21+,22+,23-,24-,28+,29+,30-,31-/m1/s1. The van der Waals surface area contributed by atoms with Crippen molar-refractivity contribution in [3.8, 4) is 0 Å². The Morgan fingerprint density at radius 1 is 0.625 bits per heavy atom. The van der Waals surface area contributed by atoms with Gasteiger partial charge in [-0.2, -0.15) is 0 Å². The molecule has 0 aromatic rings. The molecule has 32 heavy (non-hydrogen) atoms. The van der Waals surface area contributed by atoms with E-state index in [0.717, 1.165) is 36.5 Å². The zero-order valence-corrected chi connectivity index (χ0v) is 22.9. The van der Waals surface area contributed by atoms with E-state index in [9.17, 15) is 4.79 Å². The fourth-order valence-electron chi connectivity index (χ4n) is 12.7. The molecule has 0 unspecified atom stereocenters. The summed E-state index contributed by atoms with van der Waals surface area (Å²) in [5.41, 5.74) is 2.09. The molecule has 5 fully saturated rings. The van der Waals surface area contributed by atoms with E-state index in [4.69, 9.17) is 0 Å². The van der Waals surface area contributed by atoms with Gasteiger partial charge in [-0.15, -0.1) is 0 Å². The molecular weight excluding hydrogens is 388 g/mol. The predicted octanol–water partition coefficient (Wildman–Crippen LogP) is 8.70. The molecular formula is C31H52O. The minimum Gasteiger partial charge on any atom is -0.299 e. The quantitative estimate of drug-likeness (QED) is 0.368. The smallest absolute Gasteiger partial charge is 0.138 e. The van der Waals surface area contributed by atoms with E-state index in [1.165, 1.54) is 51.4 Å². The first kappa shape index (κ1) is 23.4. The van der Waals surface area contributed by atoms with E-state index < -0.39 is 0 Å². The van der Waals surface area contributed by atoms with Crippen molar-refractivity contribution in [2.75, 3.05) is 0 Å². The summed E-state index contributed by atoms with van der Waals surface area (Å²) < 4.78 is 0. The molecule has 5 saturated carbocycles. The normalized spacial score (nSPS) is 56.4. The molecule has 9 atom stereocenters. The molecule has 5 aliphatic rings. The van der Waals surface area contributed by atoms with Crippen molar-refractivity contribution in [2.45, 2.75) is 127 Å². The molecule has 0 aromatic heterocycles. The van der Waals surface area contributed by atoms with Crippen LogP contribution in [0.3, 0.4) is 0 Å². The molecule has 182 valence electrons. The van der Waals surface area contributed by atoms with Crippen LogP contribution in [-0.2, 0) is 4.79 Å². The second kappa shape index (κ2) is 6.66. The van der Waals surface area contributed by atoms with Crippen LogP contribution in [0.1, 0.15) is 127 Å². The summed E-state index contributed by atoms with van der Waals surface area (Å²) in [7, 11) is 0. The van der Waals surface area contributed by atoms with Gasteiger partial charge in [-0.05, 0) is 114 Å². The first-order valence-electron chi connectivity index (χ1n) is 14.2. The van der Waals surface area contributed by atoms with Crippen LogP contribution >= 0.6 is 0 Å². The third-order valence-electron chi connectivity index (χ3n) is 13.8. The lowest BCUT2D eigenvalue weighted by atomic mass is 9.30. The van der Waals surface area contributed by atoms with Crippen molar-refractivity contribution in [3.63, 3.8) is 0 Å². The van der Waals surface area contributed by atoms with Gasteiger partial charge in [-0.1, -0.05) is 62.3 Å². The van der Waals surface area contributed by atoms with Gasteiger partial charge in [0.2, 0.25) is 0 Å². The average Bonchev–Trinajstić information content (AvgIpc) is 2.64. The molecule has 0 N–H and O–H groups in total. The molecule has 1 nitrogen and oxygen atoms in total. The molecule has 0 aliphatic heterocycles. The van der Waals surface area contributed by atoms with Crippen LogP contribution in [0.2, 0.25) is 0 Å². The van der Waals surface area contributed by atoms with Crippen LogP contribution in [0.4, 0.5) is 0 Å². The summed E-state index contributed by atoms with van der Waals surface area (Å²) in [6.07, 6.45) is 13.2. The summed E-state index contributed by atoms with van der Waals surface area (Å²) in [5, 5.41) is 0. The monoisotopic (exact) mass is 440 g/mol. The van der Waals surface area contributed by atoms with Crippen molar-refractivity contribution in [2.24, 2.45) is 62.1 Å². The van der Waals surface area contributed by atoms with Crippen molar-refractivity contribution < 1.29 is 4.79 Å². The van der Waals surface area contributed by atoms with Gasteiger partial charge < -0.3 is 0 Å². The number of carbonyl (C=O) groups excluding carboxylic acids is 1. The lowest BCUT2D eigenvalue weighted by Gasteiger charge is -2.74. The summed E-state index contributed by atoms with van der Waals surface area (Å²) in [6, 6.07) is 0. The zero-order chi connectivity index (χ0) is 23.5. The highest BCUT2D eigenvalue weighted by Gasteiger charge is 2.71. The fourth-order valence-corrected chi connectivity index (χ4v) is 12.7. The van der Waals surface area contributed by atoms with Crippen LogP contribution in [0.15, 0.2) is 0 Å². The number of fused-ring (bicyclic) bond motifs is 7. The molecule has 0 heterocycles. The molecule has 0 spiro atoms. The first-order chi connectivity index (χ1) is 14.6. The Morgan fingerprint density at radius 3 is 1.75 bits per heavy atom. The van der Waals surface area contributed by atoms with E-state index in [-0.39, 0.29) is 5.41 Å². The first-order valence-corrected chi connectivity index (χ1v) is 14.2. The third-order valence-corrected chi connectivity index (χ3v) is 13.8. The maximum absolute atomic E-state index is 12.9. The van der Waals surface area contributed by atoms with Crippen molar-refractivity contribution in [1.29, 1.82) is 0 Å². The maximum atomic E-state index is 12.9. The highest BCUT2D eigenvalue weighted by atomic mass is 16.1. The number of hydrogen-bond donors (Lipinski definition) is 0. The number of rotatable bonds is 0. The van der Waals surface area contributed by atoms with Gasteiger partial charge in [0.25, 0.3) is 0 Å². The van der Waals surface area contributed by atoms with E-state index in [0.29, 0.717) is 38.8 Å². The summed E-state index contributed by atoms with van der Waals surface area (Å²) in [5.74, 6) is 4.53. The maximum Gasteiger partial charge on any atom is 0.138 e. The molecule has 0 bridgehead atoms. The minimum atomic E-state index is -0.126. The van der Waals surface area contributed by atoms with Gasteiger partial charge in [0.1, 0.15) is 5.78 Å². The SMILES string of the molecule is C[C@@H]1CC(C)(C)[C@@H]2CC[C@]3(C)[C@H](CC[C@@H]4[C@@]5(C)CCC(=O)C(C)(C)[C@@H]5CC[C@]43C)[C@@]2(C)C1. The topological polar surface area (TPSA) is 17.1 Å². The average molecular weight is 441 g/mol. The summed E-state index contributed by atoms with van der Waals surface area (Å²) >= 11 is 0. The molecule has 5 aliphatic carbocycles. The Bertz CT molecular complexity index is 807. The highest BCUT2D eigenvalue weighted by Crippen LogP contribution is 2.78. The van der Waals surface area contributed by atoms with E-state index in [1.54, 1.807) is 0 Å². The van der Waals surface area contributed by atoms with Gasteiger partial charge in [-0.25, -0.2) is 0 Å². The lowest BCUT2D eigenvalue weighted by Crippen LogP contribution is -2.68. The van der Waals surface area contributed by atoms with Crippen LogP contribution in [0, 0.1) is 62.1 Å². The van der Waals surface area contributed by atoms with Crippen LogP contribution in [0.5, 0.6) is 0 Å². The minimum absolute atomic E-state index is 0.126. The molecule has 5 rings (SSSR count). The fraction of sp³-hybridized carbons (Fsp3) is 0.968. The van der Waals surface area contributed by atoms with E-state index >= 15 is 0 Å². The highest BCUT2D eigenvalue weighted by molar-refractivity contribution is 5.85. The van der Waals surface area contributed by atoms with Crippen molar-refractivity contribution >= 4 is 5.78 Å². The Balaban J connectivity index is 1.55. The van der Waals surface area contributed by atoms with Gasteiger partial charge in [-0.3, -0.25) is 4.79 Å². The molecule has 0 radical (unpaired) electrons. The van der Waals surface area contributed by atoms with Crippen LogP contribution in [0.25, 0.3) is 0 Å². The van der Waals surface area contributed by atoms with Gasteiger partial charge in [0, 0.05) is 11.8 Å². The Hall–Kier alpha value is -0.330. The third kappa shape index (κ3) is 2.66. The number of Topliss-reactive ketones (excluding diaryl/α,β-unsaturated/α-hetero) is 1. The number of carbonyl (C=O) groups is 1. The van der Waals surface area contributed by atoms with Crippen LogP contribution < -0.4 is 0 Å². The van der Waals surface area contributed by atoms with Gasteiger partial charge in [0.05, 0.1) is 0 Å². The van der Waals surface area contributed by atoms with Gasteiger partial charge in [0.15, 0.2) is 0 Å². The van der Waals surface area contributed by atoms with Crippen molar-refractivity contribution in [3.05, 3.63) is 0 Å². The zero-order valence-electron chi connectivity index (χ0n) is 22.9.